The van der Waals surface area contributed by atoms with Crippen molar-refractivity contribution in [3.05, 3.63) is 126 Å². The first kappa shape index (κ1) is 48.1. The number of hydrogen-bond donors (Lipinski definition) is 1. The predicted molar refractivity (Wildman–Crippen MR) is 284 cm³/mol. The van der Waals surface area contributed by atoms with Crippen molar-refractivity contribution in [2.45, 2.75) is 46.6 Å². The largest absolute Gasteiger partial charge is 0.454 e. The summed E-state index contributed by atoms with van der Waals surface area (Å²) in [6.07, 6.45) is 9.42. The van der Waals surface area contributed by atoms with Crippen LogP contribution < -0.4 is 61.4 Å². The Morgan fingerprint density at radius 1 is 0.434 bits per heavy atom. The molecule has 0 fully saturated rings. The van der Waals surface area contributed by atoms with Crippen LogP contribution in [-0.2, 0) is 25.8 Å². The highest BCUT2D eigenvalue weighted by Gasteiger charge is 2.29. The lowest BCUT2D eigenvalue weighted by Crippen LogP contribution is -2.39. The minimum absolute atomic E-state index is 0. The highest BCUT2D eigenvalue weighted by atomic mass is 16.7. The molecule has 0 unspecified atom stereocenters. The Bertz CT molecular complexity index is 3620. The first-order valence-electron chi connectivity index (χ1n) is 24.5. The van der Waals surface area contributed by atoms with E-state index in [1.54, 1.807) is 0 Å². The maximum absolute atomic E-state index is 9.39. The maximum atomic E-state index is 9.39. The zero-order valence-corrected chi connectivity index (χ0v) is 40.6. The van der Waals surface area contributed by atoms with E-state index in [9.17, 15) is 5.11 Å². The van der Waals surface area contributed by atoms with Gasteiger partial charge in [-0.15, -0.1) is 0 Å². The lowest BCUT2D eigenvalue weighted by atomic mass is 9.95. The molecule has 9 aromatic rings. The van der Waals surface area contributed by atoms with E-state index in [2.05, 4.69) is 70.1 Å². The van der Waals surface area contributed by atoms with E-state index in [1.807, 2.05) is 60.9 Å². The lowest BCUT2D eigenvalue weighted by molar-refractivity contribution is -0.686. The SMILES string of the molecule is C.CCCc1cc2c(cc1-c1cc3cc4c(cc3cn1)OCO4)OCO2.OCCc1cc2c(cc1-c1cc3cc4c(cc3cn1)OCO4)OCO2.[2HH].[B].c1c2c(cc3c1OCO3)-c1cc3cc4c(cc3c[n+]1CC2)OCO4. The van der Waals surface area contributed by atoms with Gasteiger partial charge in [-0.25, -0.2) is 0 Å². The van der Waals surface area contributed by atoms with E-state index >= 15 is 0 Å². The summed E-state index contributed by atoms with van der Waals surface area (Å²) < 4.78 is 68.2. The molecule has 0 saturated carbocycles. The summed E-state index contributed by atoms with van der Waals surface area (Å²) in [5.41, 5.74) is 9.66. The van der Waals surface area contributed by atoms with Crippen molar-refractivity contribution in [1.82, 2.24) is 9.97 Å². The van der Waals surface area contributed by atoms with Gasteiger partial charge in [0.05, 0.1) is 17.0 Å². The molecule has 0 amide bonds. The van der Waals surface area contributed by atoms with E-state index in [-0.39, 0.29) is 51.0 Å². The minimum Gasteiger partial charge on any atom is -0.454 e. The van der Waals surface area contributed by atoms with Crippen LogP contribution in [0.2, 0.25) is 0 Å². The number of aryl methyl sites for hydroxylation is 3. The molecule has 0 aliphatic carbocycles. The van der Waals surface area contributed by atoms with Gasteiger partial charge in [0.1, 0.15) is 0 Å². The summed E-state index contributed by atoms with van der Waals surface area (Å²) in [6, 6.07) is 30.5. The Morgan fingerprint density at radius 3 is 1.25 bits per heavy atom. The van der Waals surface area contributed by atoms with Crippen LogP contribution >= 0.6 is 0 Å². The molecule has 0 spiro atoms. The number of pyridine rings is 3. The third kappa shape index (κ3) is 8.65. The number of fused-ring (bicyclic) bond motifs is 12. The molecule has 0 atom stereocenters. The van der Waals surface area contributed by atoms with Gasteiger partial charge in [-0.2, -0.15) is 4.57 Å². The number of ether oxygens (including phenoxy) is 12. The third-order valence-corrected chi connectivity index (χ3v) is 14.0. The zero-order chi connectivity index (χ0) is 49.3. The van der Waals surface area contributed by atoms with Crippen LogP contribution in [0.3, 0.4) is 0 Å². The predicted octanol–water partition coefficient (Wildman–Crippen LogP) is 10.5. The fraction of sp³-hybridized carbons (Fsp3) is 0.237. The highest BCUT2D eigenvalue weighted by Crippen LogP contribution is 2.45. The average Bonchev–Trinajstić information content (AvgIpc) is 4.32. The van der Waals surface area contributed by atoms with Gasteiger partial charge in [0.15, 0.2) is 81.7 Å². The van der Waals surface area contributed by atoms with Crippen molar-refractivity contribution in [2.75, 3.05) is 47.4 Å². The van der Waals surface area contributed by atoms with Gasteiger partial charge in [-0.1, -0.05) is 20.8 Å². The fourth-order valence-corrected chi connectivity index (χ4v) is 10.4. The molecule has 16 nitrogen and oxygen atoms in total. The number of benzene rings is 6. The van der Waals surface area contributed by atoms with Gasteiger partial charge in [0, 0.05) is 68.6 Å². The third-order valence-electron chi connectivity index (χ3n) is 14.0. The van der Waals surface area contributed by atoms with E-state index in [0.717, 1.165) is 144 Å². The topological polar surface area (TPSA) is 161 Å². The molecule has 0 saturated heterocycles. The Kier molecular flexibility index (Phi) is 12.5. The molecule has 6 aromatic carbocycles. The number of aromatic nitrogens is 3. The lowest BCUT2D eigenvalue weighted by Gasteiger charge is -2.16. The van der Waals surface area contributed by atoms with Gasteiger partial charge in [-0.3, -0.25) is 9.97 Å². The van der Waals surface area contributed by atoms with Gasteiger partial charge in [0.2, 0.25) is 46.5 Å². The Hall–Kier alpha value is -8.83. The van der Waals surface area contributed by atoms with Crippen molar-refractivity contribution < 1.29 is 67.9 Å². The number of rotatable bonds is 6. The van der Waals surface area contributed by atoms with Crippen LogP contribution in [0.15, 0.2) is 110 Å². The second kappa shape index (κ2) is 19.8. The molecule has 7 aliphatic heterocycles. The molecule has 17 heteroatoms. The van der Waals surface area contributed by atoms with Crippen LogP contribution in [0.25, 0.3) is 66.1 Å². The van der Waals surface area contributed by atoms with Crippen molar-refractivity contribution >= 4 is 40.7 Å². The van der Waals surface area contributed by atoms with Crippen LogP contribution in [-0.4, -0.2) is 70.9 Å². The second-order valence-electron chi connectivity index (χ2n) is 18.5. The first-order chi connectivity index (χ1) is 36.5. The molecule has 7 aliphatic rings. The van der Waals surface area contributed by atoms with Gasteiger partial charge in [-0.05, 0) is 131 Å². The molecular weight excluding hydrogens is 969 g/mol. The molecular formula is C59H52BN3O13+. The molecule has 1 N–H and O–H groups in total. The number of aliphatic hydroxyl groups excluding tert-OH is 1. The average molecular weight is 1020 g/mol. The molecule has 0 bridgehead atoms. The first-order valence-corrected chi connectivity index (χ1v) is 24.5. The fourth-order valence-electron chi connectivity index (χ4n) is 10.4. The standard InChI is InChI=1S/C20H17NO4.C19H15NO5.C19H14NO4.CH4.B.H2/c1-2-3-12-5-17-20(25-11-22-17)8-15(12)16-4-13-6-18-19(24-10-23-18)7-14(13)9-21-16;21-2-1-11-4-16-19(25-10-22-16)7-14(11)15-3-12-5-17-18(24-9-23-17)6-13(12)8-20-15;1-2-20-8-13-6-18-17(22-9-23-18)5-12(13)3-15(20)14-7-19-16(4-11(1)14)21-10-24-19;;;/h4-9H,2-3,10-11H2,1H3;3-8,21H,1-2,9-10H2;3-8H,1-2,9-10H2;1H4;;1H/q;;+1;;;/i;;;;;1+1. The molecule has 3 radical (unpaired) electrons. The van der Waals surface area contributed by atoms with Gasteiger partial charge in [0.25, 0.3) is 0 Å². The van der Waals surface area contributed by atoms with Crippen molar-refractivity contribution in [3.8, 4) is 103 Å². The zero-order valence-electron chi connectivity index (χ0n) is 40.6. The van der Waals surface area contributed by atoms with Crippen molar-refractivity contribution in [3.63, 3.8) is 0 Å². The molecule has 10 heterocycles. The smallest absolute Gasteiger partial charge is 0.231 e. The molecule has 16 rings (SSSR count). The van der Waals surface area contributed by atoms with E-state index in [4.69, 9.17) is 56.8 Å². The van der Waals surface area contributed by atoms with Crippen molar-refractivity contribution in [1.29, 1.82) is 0 Å². The van der Waals surface area contributed by atoms with E-state index in [1.165, 1.54) is 22.4 Å². The quantitative estimate of drug-likeness (QED) is 0.124. The summed E-state index contributed by atoms with van der Waals surface area (Å²) >= 11 is 0. The van der Waals surface area contributed by atoms with E-state index < -0.39 is 0 Å². The molecule has 76 heavy (non-hydrogen) atoms. The Balaban J connectivity index is 0.000000121. The van der Waals surface area contributed by atoms with Gasteiger partial charge >= 0.3 is 0 Å². The van der Waals surface area contributed by atoms with Crippen molar-refractivity contribution in [2.24, 2.45) is 0 Å². The van der Waals surface area contributed by atoms with Crippen LogP contribution in [0.5, 0.6) is 69.0 Å². The van der Waals surface area contributed by atoms with E-state index in [0.29, 0.717) is 31.5 Å². The highest BCUT2D eigenvalue weighted by molar-refractivity contribution is 5.91. The minimum atomic E-state index is 0. The number of aliphatic hydroxyl groups is 1. The molecule has 3 aromatic heterocycles. The Morgan fingerprint density at radius 2 is 0.803 bits per heavy atom. The number of nitrogens with zero attached hydrogens (tertiary/aromatic N) is 3. The summed E-state index contributed by atoms with van der Waals surface area (Å²) in [7, 11) is 0. The monoisotopic (exact) mass is 1020 g/mol. The normalized spacial score (nSPS) is 14.5. The van der Waals surface area contributed by atoms with Gasteiger partial charge < -0.3 is 61.9 Å². The second-order valence-corrected chi connectivity index (χ2v) is 18.5. The van der Waals surface area contributed by atoms with Crippen LogP contribution in [0.1, 0.15) is 38.9 Å². The summed E-state index contributed by atoms with van der Waals surface area (Å²) in [5.74, 6) is 9.36. The van der Waals surface area contributed by atoms with Crippen LogP contribution in [0, 0.1) is 0 Å². The summed E-state index contributed by atoms with van der Waals surface area (Å²) in [5, 5.41) is 15.8. The number of hydrogen-bond acceptors (Lipinski definition) is 15. The Labute approximate surface area is 440 Å². The van der Waals surface area contributed by atoms with Crippen LogP contribution in [0.4, 0.5) is 0 Å². The maximum Gasteiger partial charge on any atom is 0.231 e. The summed E-state index contributed by atoms with van der Waals surface area (Å²) in [6.45, 7) is 4.78. The molecule has 383 valence electrons. The summed E-state index contributed by atoms with van der Waals surface area (Å²) in [4.78, 5) is 9.27.